The average Bonchev–Trinajstić information content (AvgIpc) is 2.72. The van der Waals surface area contributed by atoms with E-state index in [9.17, 15) is 14.7 Å². The Morgan fingerprint density at radius 1 is 1.10 bits per heavy atom. The molecule has 1 aromatic rings. The van der Waals surface area contributed by atoms with Crippen molar-refractivity contribution in [2.45, 2.75) is 56.8 Å². The lowest BCUT2D eigenvalue weighted by Crippen LogP contribution is -2.60. The number of carbonyl (C=O) groups is 2. The van der Waals surface area contributed by atoms with Crippen molar-refractivity contribution in [2.75, 3.05) is 20.2 Å². The molecule has 3 unspecified atom stereocenters. The Morgan fingerprint density at radius 3 is 2.41 bits per heavy atom. The Balaban J connectivity index is 1.44. The van der Waals surface area contributed by atoms with Crippen molar-refractivity contribution in [3.63, 3.8) is 0 Å². The number of amides is 1. The molecule has 3 atom stereocenters. The van der Waals surface area contributed by atoms with E-state index in [0.29, 0.717) is 24.8 Å². The highest BCUT2D eigenvalue weighted by Gasteiger charge is 2.61. The first-order valence-electron chi connectivity index (χ1n) is 11.1. The van der Waals surface area contributed by atoms with Gasteiger partial charge in [-0.1, -0.05) is 12.1 Å². The van der Waals surface area contributed by atoms with Gasteiger partial charge in [-0.25, -0.2) is 0 Å². The van der Waals surface area contributed by atoms with Crippen LogP contribution in [0.25, 0.3) is 0 Å². The molecule has 5 fully saturated rings. The van der Waals surface area contributed by atoms with Crippen LogP contribution in [0.4, 0.5) is 0 Å². The minimum absolute atomic E-state index is 0.0913. The van der Waals surface area contributed by atoms with Crippen LogP contribution >= 0.6 is 0 Å². The smallest absolute Gasteiger partial charge is 0.308 e. The Kier molecular flexibility index (Phi) is 4.41. The molecule has 4 saturated carbocycles. The van der Waals surface area contributed by atoms with Crippen molar-refractivity contribution in [2.24, 2.45) is 23.2 Å². The Bertz CT molecular complexity index is 803. The van der Waals surface area contributed by atoms with Crippen molar-refractivity contribution in [1.29, 1.82) is 0 Å². The van der Waals surface area contributed by atoms with Gasteiger partial charge in [0.25, 0.3) is 0 Å². The predicted octanol–water partition coefficient (Wildman–Crippen LogP) is 3.86. The van der Waals surface area contributed by atoms with Gasteiger partial charge in [0.15, 0.2) is 0 Å². The molecule has 5 nitrogen and oxygen atoms in total. The van der Waals surface area contributed by atoms with Crippen LogP contribution in [0.3, 0.4) is 0 Å². The number of carbonyl (C=O) groups excluding carboxylic acids is 1. The van der Waals surface area contributed by atoms with E-state index in [1.807, 2.05) is 17.0 Å². The molecule has 0 spiro atoms. The van der Waals surface area contributed by atoms with Crippen LogP contribution in [0.5, 0.6) is 5.75 Å². The normalized spacial score (nSPS) is 38.1. The Hall–Kier alpha value is -2.04. The van der Waals surface area contributed by atoms with Crippen LogP contribution in [0.1, 0.15) is 56.9 Å². The average molecular weight is 398 g/mol. The van der Waals surface area contributed by atoms with Crippen LogP contribution in [0.2, 0.25) is 0 Å². The van der Waals surface area contributed by atoms with Crippen molar-refractivity contribution in [1.82, 2.24) is 4.90 Å². The molecule has 6 rings (SSSR count). The third kappa shape index (κ3) is 3.04. The van der Waals surface area contributed by atoms with Gasteiger partial charge in [-0.15, -0.1) is 0 Å². The molecule has 1 amide bonds. The van der Waals surface area contributed by atoms with Gasteiger partial charge in [-0.05, 0) is 86.3 Å². The second kappa shape index (κ2) is 6.75. The zero-order valence-electron chi connectivity index (χ0n) is 17.2. The van der Waals surface area contributed by atoms with E-state index in [2.05, 4.69) is 12.1 Å². The van der Waals surface area contributed by atoms with Crippen LogP contribution in [0.15, 0.2) is 24.3 Å². The van der Waals surface area contributed by atoms with E-state index in [4.69, 9.17) is 4.74 Å². The fourth-order valence-corrected chi connectivity index (χ4v) is 7.49. The highest BCUT2D eigenvalue weighted by atomic mass is 16.5. The molecule has 1 aromatic carbocycles. The maximum Gasteiger partial charge on any atom is 0.308 e. The first-order chi connectivity index (χ1) is 13.9. The molecule has 1 aliphatic heterocycles. The summed E-state index contributed by atoms with van der Waals surface area (Å²) in [7, 11) is 1.69. The van der Waals surface area contributed by atoms with Gasteiger partial charge in [0, 0.05) is 13.1 Å². The highest BCUT2D eigenvalue weighted by Crippen LogP contribution is 2.66. The van der Waals surface area contributed by atoms with E-state index >= 15 is 0 Å². The van der Waals surface area contributed by atoms with E-state index in [1.165, 1.54) is 24.8 Å². The lowest BCUT2D eigenvalue weighted by Gasteiger charge is -2.62. The number of likely N-dealkylation sites (tertiary alicyclic amines) is 1. The largest absolute Gasteiger partial charge is 0.497 e. The fourth-order valence-electron chi connectivity index (χ4n) is 7.49. The summed E-state index contributed by atoms with van der Waals surface area (Å²) >= 11 is 0. The molecule has 29 heavy (non-hydrogen) atoms. The number of ether oxygens (including phenoxy) is 1. The minimum atomic E-state index is -0.761. The lowest BCUT2D eigenvalue weighted by atomic mass is 9.42. The quantitative estimate of drug-likeness (QED) is 0.838. The number of benzene rings is 1. The van der Waals surface area contributed by atoms with Crippen molar-refractivity contribution >= 4 is 11.9 Å². The summed E-state index contributed by atoms with van der Waals surface area (Å²) < 4.78 is 5.35. The predicted molar refractivity (Wildman–Crippen MR) is 109 cm³/mol. The van der Waals surface area contributed by atoms with Crippen LogP contribution in [-0.4, -0.2) is 42.1 Å². The fraction of sp³-hybridized carbons (Fsp3) is 0.667. The maximum absolute atomic E-state index is 13.8. The van der Waals surface area contributed by atoms with Gasteiger partial charge in [0.05, 0.1) is 18.4 Å². The number of methoxy groups -OCH3 is 1. The van der Waals surface area contributed by atoms with Gasteiger partial charge in [-0.3, -0.25) is 9.59 Å². The summed E-state index contributed by atoms with van der Waals surface area (Å²) in [6, 6.07) is 8.49. The van der Waals surface area contributed by atoms with Crippen LogP contribution < -0.4 is 4.74 Å². The number of nitrogens with zero attached hydrogens (tertiary/aromatic N) is 1. The maximum atomic E-state index is 13.8. The first-order valence-corrected chi connectivity index (χ1v) is 11.1. The van der Waals surface area contributed by atoms with Gasteiger partial charge < -0.3 is 14.7 Å². The number of rotatable bonds is 4. The summed E-state index contributed by atoms with van der Waals surface area (Å²) in [5.74, 6) is 1.18. The molecule has 5 heteroatoms. The summed E-state index contributed by atoms with van der Waals surface area (Å²) in [5.41, 5.74) is 1.16. The van der Waals surface area contributed by atoms with E-state index in [1.54, 1.807) is 7.11 Å². The Morgan fingerprint density at radius 2 is 1.79 bits per heavy atom. The molecule has 1 saturated heterocycles. The molecule has 1 heterocycles. The van der Waals surface area contributed by atoms with Gasteiger partial charge >= 0.3 is 5.97 Å². The standard InChI is InChI=1S/C24H31NO4/c1-29-20-6-4-19(5-7-20)23-10-16-9-17(11-23)13-24(12-16,15-23)22(28)25-8-2-3-18(14-25)21(26)27/h4-7,16-18H,2-3,8-15H2,1H3,(H,26,27). The molecule has 156 valence electrons. The number of hydrogen-bond donors (Lipinski definition) is 1. The molecular weight excluding hydrogens is 366 g/mol. The molecule has 5 aliphatic rings. The zero-order valence-corrected chi connectivity index (χ0v) is 17.2. The molecular formula is C24H31NO4. The Labute approximate surface area is 172 Å². The second-order valence-corrected chi connectivity index (χ2v) is 10.2. The molecule has 0 aromatic heterocycles. The zero-order chi connectivity index (χ0) is 20.2. The van der Waals surface area contributed by atoms with Crippen molar-refractivity contribution in [3.05, 3.63) is 29.8 Å². The van der Waals surface area contributed by atoms with E-state index in [0.717, 1.165) is 38.0 Å². The number of carboxylic acids is 1. The van der Waals surface area contributed by atoms with Crippen LogP contribution in [-0.2, 0) is 15.0 Å². The molecule has 4 bridgehead atoms. The van der Waals surface area contributed by atoms with E-state index < -0.39 is 11.9 Å². The topological polar surface area (TPSA) is 66.8 Å². The minimum Gasteiger partial charge on any atom is -0.497 e. The number of hydrogen-bond acceptors (Lipinski definition) is 3. The highest BCUT2D eigenvalue weighted by molar-refractivity contribution is 5.84. The van der Waals surface area contributed by atoms with Crippen molar-refractivity contribution < 1.29 is 19.4 Å². The second-order valence-electron chi connectivity index (χ2n) is 10.2. The third-order valence-corrected chi connectivity index (χ3v) is 8.28. The summed E-state index contributed by atoms with van der Waals surface area (Å²) in [6.45, 7) is 1.11. The van der Waals surface area contributed by atoms with E-state index in [-0.39, 0.29) is 16.7 Å². The number of piperidine rings is 1. The number of carboxylic acid groups (broad SMARTS) is 1. The monoisotopic (exact) mass is 397 g/mol. The summed E-state index contributed by atoms with van der Waals surface area (Å²) in [4.78, 5) is 27.2. The van der Waals surface area contributed by atoms with Crippen molar-refractivity contribution in [3.8, 4) is 5.75 Å². The molecule has 4 aliphatic carbocycles. The SMILES string of the molecule is COc1ccc(C23CC4CC(CC(C(=O)N5CCCC(C(=O)O)C5)(C4)C2)C3)cc1. The van der Waals surface area contributed by atoms with Gasteiger partial charge in [0.2, 0.25) is 5.91 Å². The molecule has 0 radical (unpaired) electrons. The first kappa shape index (κ1) is 19.0. The lowest BCUT2D eigenvalue weighted by molar-refractivity contribution is -0.163. The third-order valence-electron chi connectivity index (χ3n) is 8.28. The summed E-state index contributed by atoms with van der Waals surface area (Å²) in [6.07, 6.45) is 8.02. The van der Waals surface area contributed by atoms with Crippen LogP contribution in [0, 0.1) is 23.2 Å². The summed E-state index contributed by atoms with van der Waals surface area (Å²) in [5, 5.41) is 9.46. The number of aliphatic carboxylic acids is 1. The van der Waals surface area contributed by atoms with Gasteiger partial charge in [0.1, 0.15) is 5.75 Å². The molecule has 1 N–H and O–H groups in total. The van der Waals surface area contributed by atoms with Gasteiger partial charge in [-0.2, -0.15) is 0 Å².